The number of hydrogen-bond acceptors (Lipinski definition) is 2. The number of terminal acetylenes is 1. The number of methoxy groups -OCH3 is 1. The lowest BCUT2D eigenvalue weighted by Crippen LogP contribution is -2.05. The maximum Gasteiger partial charge on any atom is 0.339 e. The molecule has 0 aliphatic rings. The molecule has 0 aliphatic carbocycles. The highest BCUT2D eigenvalue weighted by Gasteiger charge is 2.15. The zero-order valence-electron chi connectivity index (χ0n) is 10.3. The fourth-order valence-electron chi connectivity index (χ4n) is 1.89. The lowest BCUT2D eigenvalue weighted by atomic mass is 9.96. The fourth-order valence-corrected chi connectivity index (χ4v) is 2.57. The predicted octanol–water partition coefficient (Wildman–Crippen LogP) is 3.73. The number of hydrogen-bond donors (Lipinski definition) is 0. The zero-order valence-corrected chi connectivity index (χ0v) is 12.5. The van der Waals surface area contributed by atoms with Crippen LogP contribution in [0.15, 0.2) is 42.5 Å². The second kappa shape index (κ2) is 5.89. The van der Waals surface area contributed by atoms with Crippen LogP contribution in [0, 0.1) is 15.9 Å². The van der Waals surface area contributed by atoms with Gasteiger partial charge in [0, 0.05) is 9.13 Å². The molecule has 94 valence electrons. The van der Waals surface area contributed by atoms with E-state index >= 15 is 0 Å². The first kappa shape index (κ1) is 13.6. The first-order valence-corrected chi connectivity index (χ1v) is 6.69. The molecule has 0 saturated carbocycles. The maximum absolute atomic E-state index is 11.7. The standard InChI is InChI=1S/C16H11IO2/c1-3-11-12(13-7-4-5-10-15(13)17)8-6-9-14(11)16(18)19-2/h1,4-10H,2H3. The molecule has 0 atom stereocenters. The quantitative estimate of drug-likeness (QED) is 0.462. The second-order valence-corrected chi connectivity index (χ2v) is 5.01. The Hall–Kier alpha value is -1.80. The van der Waals surface area contributed by atoms with Crippen molar-refractivity contribution in [3.63, 3.8) is 0 Å². The molecule has 2 rings (SSSR count). The molecule has 0 unspecified atom stereocenters. The van der Waals surface area contributed by atoms with Gasteiger partial charge in [-0.15, -0.1) is 6.42 Å². The minimum atomic E-state index is -0.416. The summed E-state index contributed by atoms with van der Waals surface area (Å²) in [6.45, 7) is 0. The van der Waals surface area contributed by atoms with E-state index in [2.05, 4.69) is 28.5 Å². The van der Waals surface area contributed by atoms with Gasteiger partial charge in [-0.05, 0) is 45.9 Å². The van der Waals surface area contributed by atoms with Crippen LogP contribution < -0.4 is 0 Å². The summed E-state index contributed by atoms with van der Waals surface area (Å²) < 4.78 is 5.85. The lowest BCUT2D eigenvalue weighted by molar-refractivity contribution is 0.0600. The summed E-state index contributed by atoms with van der Waals surface area (Å²) in [5.41, 5.74) is 2.87. The van der Waals surface area contributed by atoms with Crippen LogP contribution in [0.2, 0.25) is 0 Å². The highest BCUT2D eigenvalue weighted by molar-refractivity contribution is 14.1. The van der Waals surface area contributed by atoms with Crippen molar-refractivity contribution in [3.8, 4) is 23.5 Å². The van der Waals surface area contributed by atoms with Crippen molar-refractivity contribution in [2.45, 2.75) is 0 Å². The van der Waals surface area contributed by atoms with Gasteiger partial charge in [-0.1, -0.05) is 36.3 Å². The van der Waals surface area contributed by atoms with E-state index in [1.54, 1.807) is 6.07 Å². The van der Waals surface area contributed by atoms with E-state index < -0.39 is 5.97 Å². The van der Waals surface area contributed by atoms with E-state index in [9.17, 15) is 4.79 Å². The van der Waals surface area contributed by atoms with Crippen molar-refractivity contribution in [1.82, 2.24) is 0 Å². The smallest absolute Gasteiger partial charge is 0.339 e. The summed E-state index contributed by atoms with van der Waals surface area (Å²) >= 11 is 2.25. The molecule has 0 radical (unpaired) electrons. The number of esters is 1. The molecule has 0 aliphatic heterocycles. The first-order valence-electron chi connectivity index (χ1n) is 5.62. The largest absolute Gasteiger partial charge is 0.465 e. The molecule has 0 spiro atoms. The third-order valence-electron chi connectivity index (χ3n) is 2.78. The zero-order chi connectivity index (χ0) is 13.8. The van der Waals surface area contributed by atoms with Gasteiger partial charge in [-0.25, -0.2) is 4.79 Å². The van der Waals surface area contributed by atoms with Gasteiger partial charge < -0.3 is 4.74 Å². The summed E-state index contributed by atoms with van der Waals surface area (Å²) in [4.78, 5) is 11.7. The molecule has 0 fully saturated rings. The summed E-state index contributed by atoms with van der Waals surface area (Å²) in [6, 6.07) is 13.3. The number of halogens is 1. The predicted molar refractivity (Wildman–Crippen MR) is 83.9 cm³/mol. The molecule has 0 aromatic heterocycles. The van der Waals surface area contributed by atoms with Gasteiger partial charge in [0.25, 0.3) is 0 Å². The summed E-state index contributed by atoms with van der Waals surface area (Å²) in [5, 5.41) is 0. The molecule has 0 N–H and O–H groups in total. The van der Waals surface area contributed by atoms with Crippen molar-refractivity contribution in [2.24, 2.45) is 0 Å². The summed E-state index contributed by atoms with van der Waals surface area (Å²) in [5.74, 6) is 2.18. The van der Waals surface area contributed by atoms with Crippen LogP contribution in [0.25, 0.3) is 11.1 Å². The Bertz CT molecular complexity index is 669. The number of ether oxygens (including phenoxy) is 1. The van der Waals surface area contributed by atoms with Crippen LogP contribution in [-0.2, 0) is 4.74 Å². The van der Waals surface area contributed by atoms with Crippen LogP contribution in [-0.4, -0.2) is 13.1 Å². The minimum Gasteiger partial charge on any atom is -0.465 e. The number of carbonyl (C=O) groups excluding carboxylic acids is 1. The van der Waals surface area contributed by atoms with E-state index in [0.29, 0.717) is 11.1 Å². The Labute approximate surface area is 125 Å². The van der Waals surface area contributed by atoms with Gasteiger partial charge in [0.2, 0.25) is 0 Å². The van der Waals surface area contributed by atoms with Gasteiger partial charge in [-0.3, -0.25) is 0 Å². The van der Waals surface area contributed by atoms with Gasteiger partial charge in [0.1, 0.15) is 0 Å². The molecule has 0 heterocycles. The van der Waals surface area contributed by atoms with E-state index in [-0.39, 0.29) is 0 Å². The topological polar surface area (TPSA) is 26.3 Å². The number of rotatable bonds is 2. The Morgan fingerprint density at radius 3 is 2.47 bits per heavy atom. The molecule has 2 aromatic carbocycles. The average Bonchev–Trinajstić information content (AvgIpc) is 2.46. The van der Waals surface area contributed by atoms with E-state index in [0.717, 1.165) is 14.7 Å². The molecule has 0 amide bonds. The number of benzene rings is 2. The van der Waals surface area contributed by atoms with Crippen molar-refractivity contribution in [3.05, 3.63) is 57.2 Å². The molecule has 2 aromatic rings. The highest BCUT2D eigenvalue weighted by atomic mass is 127. The Morgan fingerprint density at radius 1 is 1.16 bits per heavy atom. The number of carbonyl (C=O) groups is 1. The van der Waals surface area contributed by atoms with Crippen LogP contribution in [0.3, 0.4) is 0 Å². The van der Waals surface area contributed by atoms with E-state index in [1.165, 1.54) is 7.11 Å². The fraction of sp³-hybridized carbons (Fsp3) is 0.0625. The molecular formula is C16H11IO2. The second-order valence-electron chi connectivity index (χ2n) is 3.84. The molecule has 3 heteroatoms. The Kier molecular flexibility index (Phi) is 4.23. The third kappa shape index (κ3) is 2.64. The van der Waals surface area contributed by atoms with Crippen LogP contribution in [0.1, 0.15) is 15.9 Å². The van der Waals surface area contributed by atoms with Crippen molar-refractivity contribution < 1.29 is 9.53 Å². The molecule has 0 bridgehead atoms. The van der Waals surface area contributed by atoms with Gasteiger partial charge in [0.05, 0.1) is 12.7 Å². The molecule has 0 saturated heterocycles. The molecule has 19 heavy (non-hydrogen) atoms. The molecular weight excluding hydrogens is 351 g/mol. The highest BCUT2D eigenvalue weighted by Crippen LogP contribution is 2.29. The summed E-state index contributed by atoms with van der Waals surface area (Å²) in [7, 11) is 1.35. The minimum absolute atomic E-state index is 0.416. The monoisotopic (exact) mass is 362 g/mol. The normalized spacial score (nSPS) is 9.74. The third-order valence-corrected chi connectivity index (χ3v) is 3.72. The van der Waals surface area contributed by atoms with Crippen molar-refractivity contribution in [2.75, 3.05) is 7.11 Å². The van der Waals surface area contributed by atoms with Gasteiger partial charge in [-0.2, -0.15) is 0 Å². The van der Waals surface area contributed by atoms with Crippen molar-refractivity contribution in [1.29, 1.82) is 0 Å². The van der Waals surface area contributed by atoms with Gasteiger partial charge >= 0.3 is 5.97 Å². The van der Waals surface area contributed by atoms with Crippen LogP contribution in [0.4, 0.5) is 0 Å². The lowest BCUT2D eigenvalue weighted by Gasteiger charge is -2.10. The average molecular weight is 362 g/mol. The van der Waals surface area contributed by atoms with Crippen molar-refractivity contribution >= 4 is 28.6 Å². The van der Waals surface area contributed by atoms with Crippen LogP contribution >= 0.6 is 22.6 Å². The van der Waals surface area contributed by atoms with Gasteiger partial charge in [0.15, 0.2) is 0 Å². The van der Waals surface area contributed by atoms with E-state index in [1.807, 2.05) is 36.4 Å². The SMILES string of the molecule is C#Cc1c(C(=O)OC)cccc1-c1ccccc1I. The Morgan fingerprint density at radius 2 is 1.84 bits per heavy atom. The maximum atomic E-state index is 11.7. The first-order chi connectivity index (χ1) is 9.19. The molecule has 2 nitrogen and oxygen atoms in total. The van der Waals surface area contributed by atoms with E-state index in [4.69, 9.17) is 11.2 Å². The Balaban J connectivity index is 2.70. The van der Waals surface area contributed by atoms with Crippen LogP contribution in [0.5, 0.6) is 0 Å². The summed E-state index contributed by atoms with van der Waals surface area (Å²) in [6.07, 6.45) is 5.57.